The summed E-state index contributed by atoms with van der Waals surface area (Å²) in [5.74, 6) is 0.112. The normalized spacial score (nSPS) is 10.2. The lowest BCUT2D eigenvalue weighted by Gasteiger charge is -2.17. The second kappa shape index (κ2) is 8.38. The van der Waals surface area contributed by atoms with Crippen molar-refractivity contribution in [3.8, 4) is 11.5 Å². The zero-order valence-corrected chi connectivity index (χ0v) is 15.8. The van der Waals surface area contributed by atoms with Gasteiger partial charge in [0.1, 0.15) is 0 Å². The van der Waals surface area contributed by atoms with Crippen LogP contribution in [0.2, 0.25) is 0 Å². The quantitative estimate of drug-likeness (QED) is 0.864. The molecule has 6 nitrogen and oxygen atoms in total. The van der Waals surface area contributed by atoms with Gasteiger partial charge in [-0.3, -0.25) is 9.59 Å². The first-order chi connectivity index (χ1) is 12.3. The third-order valence-electron chi connectivity index (χ3n) is 3.84. The largest absolute Gasteiger partial charge is 0.493 e. The van der Waals surface area contributed by atoms with Gasteiger partial charge in [-0.25, -0.2) is 0 Å². The molecule has 0 heterocycles. The highest BCUT2D eigenvalue weighted by atomic mass is 16.5. The first kappa shape index (κ1) is 19.3. The number of methoxy groups -OCH3 is 1. The average molecular weight is 356 g/mol. The van der Waals surface area contributed by atoms with Crippen LogP contribution in [0.3, 0.4) is 0 Å². The maximum atomic E-state index is 12.3. The molecule has 2 amide bonds. The Kier molecular flexibility index (Phi) is 6.22. The van der Waals surface area contributed by atoms with E-state index in [-0.39, 0.29) is 24.2 Å². The molecule has 2 aromatic rings. The van der Waals surface area contributed by atoms with Gasteiger partial charge in [-0.2, -0.15) is 0 Å². The second-order valence-electron chi connectivity index (χ2n) is 6.19. The van der Waals surface area contributed by atoms with Crippen molar-refractivity contribution in [3.63, 3.8) is 0 Å². The van der Waals surface area contributed by atoms with Gasteiger partial charge in [0.15, 0.2) is 18.1 Å². The number of ether oxygens (including phenoxy) is 2. The number of para-hydroxylation sites is 1. The van der Waals surface area contributed by atoms with Crippen LogP contribution in [-0.4, -0.2) is 44.5 Å². The minimum absolute atomic E-state index is 0.228. The molecule has 0 aromatic heterocycles. The van der Waals surface area contributed by atoms with Crippen LogP contribution >= 0.6 is 0 Å². The highest BCUT2D eigenvalue weighted by Crippen LogP contribution is 2.31. The van der Waals surface area contributed by atoms with Gasteiger partial charge in [0.05, 0.1) is 12.7 Å². The van der Waals surface area contributed by atoms with Crippen molar-refractivity contribution in [3.05, 3.63) is 53.1 Å². The number of rotatable bonds is 6. The van der Waals surface area contributed by atoms with Crippen molar-refractivity contribution in [2.75, 3.05) is 33.1 Å². The molecular weight excluding hydrogens is 332 g/mol. The molecule has 0 unspecified atom stereocenters. The van der Waals surface area contributed by atoms with Crippen LogP contribution in [0, 0.1) is 13.8 Å². The average Bonchev–Trinajstić information content (AvgIpc) is 2.61. The van der Waals surface area contributed by atoms with Crippen LogP contribution in [0.4, 0.5) is 5.69 Å². The summed E-state index contributed by atoms with van der Waals surface area (Å²) in [6.07, 6.45) is 0. The molecule has 6 heteroatoms. The summed E-state index contributed by atoms with van der Waals surface area (Å²) < 4.78 is 10.9. The molecule has 0 saturated carbocycles. The molecule has 138 valence electrons. The van der Waals surface area contributed by atoms with Gasteiger partial charge < -0.3 is 19.7 Å². The summed E-state index contributed by atoms with van der Waals surface area (Å²) in [7, 11) is 4.79. The molecule has 0 aliphatic carbocycles. The number of benzene rings is 2. The van der Waals surface area contributed by atoms with E-state index in [0.29, 0.717) is 11.3 Å². The Morgan fingerprint density at radius 3 is 2.46 bits per heavy atom. The zero-order chi connectivity index (χ0) is 19.3. The predicted octanol–water partition coefficient (Wildman–Crippen LogP) is 3.03. The molecule has 0 atom stereocenters. The first-order valence-corrected chi connectivity index (χ1v) is 8.22. The molecule has 26 heavy (non-hydrogen) atoms. The van der Waals surface area contributed by atoms with E-state index in [1.54, 1.807) is 32.3 Å². The molecule has 0 spiro atoms. The Bertz CT molecular complexity index is 815. The molecule has 0 aliphatic rings. The van der Waals surface area contributed by atoms with Gasteiger partial charge in [0.2, 0.25) is 0 Å². The molecule has 0 bridgehead atoms. The first-order valence-electron chi connectivity index (χ1n) is 8.22. The smallest absolute Gasteiger partial charge is 0.262 e. The van der Waals surface area contributed by atoms with E-state index < -0.39 is 0 Å². The van der Waals surface area contributed by atoms with Crippen molar-refractivity contribution >= 4 is 17.5 Å². The third kappa shape index (κ3) is 4.53. The summed E-state index contributed by atoms with van der Waals surface area (Å²) in [4.78, 5) is 26.0. The zero-order valence-electron chi connectivity index (χ0n) is 15.8. The highest BCUT2D eigenvalue weighted by molar-refractivity contribution is 5.98. The van der Waals surface area contributed by atoms with Crippen LogP contribution in [0.15, 0.2) is 36.4 Å². The number of amides is 2. The third-order valence-corrected chi connectivity index (χ3v) is 3.84. The Balaban J connectivity index is 2.15. The number of hydrogen-bond acceptors (Lipinski definition) is 4. The minimum Gasteiger partial charge on any atom is -0.493 e. The monoisotopic (exact) mass is 356 g/mol. The van der Waals surface area contributed by atoms with Crippen LogP contribution in [0.5, 0.6) is 11.5 Å². The topological polar surface area (TPSA) is 67.9 Å². The molecular formula is C20H24N2O4. The molecule has 0 saturated heterocycles. The van der Waals surface area contributed by atoms with Crippen molar-refractivity contribution in [2.24, 2.45) is 0 Å². The minimum atomic E-state index is -0.314. The number of anilines is 1. The van der Waals surface area contributed by atoms with Crippen molar-refractivity contribution in [1.82, 2.24) is 4.90 Å². The maximum Gasteiger partial charge on any atom is 0.262 e. The fourth-order valence-corrected chi connectivity index (χ4v) is 2.51. The summed E-state index contributed by atoms with van der Waals surface area (Å²) in [6.45, 7) is 3.69. The lowest BCUT2D eigenvalue weighted by molar-refractivity contribution is -0.118. The summed E-state index contributed by atoms with van der Waals surface area (Å²) in [6, 6.07) is 10.8. The lowest BCUT2D eigenvalue weighted by atomic mass is 10.1. The fraction of sp³-hybridized carbons (Fsp3) is 0.300. The van der Waals surface area contributed by atoms with Gasteiger partial charge in [-0.05, 0) is 37.6 Å². The predicted molar refractivity (Wildman–Crippen MR) is 101 cm³/mol. The number of hydrogen-bond donors (Lipinski definition) is 1. The SMILES string of the molecule is COc1cccc(C(=O)N(C)C)c1OCC(=O)Nc1ccc(C)cc1C. The van der Waals surface area contributed by atoms with Crippen LogP contribution in [0.1, 0.15) is 21.5 Å². The van der Waals surface area contributed by atoms with Crippen LogP contribution < -0.4 is 14.8 Å². The number of aryl methyl sites for hydroxylation is 2. The fourth-order valence-electron chi connectivity index (χ4n) is 2.51. The van der Waals surface area contributed by atoms with Gasteiger partial charge in [0, 0.05) is 19.8 Å². The van der Waals surface area contributed by atoms with Gasteiger partial charge in [0.25, 0.3) is 11.8 Å². The van der Waals surface area contributed by atoms with Gasteiger partial charge in [-0.15, -0.1) is 0 Å². The number of nitrogens with one attached hydrogen (secondary N) is 1. The van der Waals surface area contributed by atoms with E-state index in [0.717, 1.165) is 16.8 Å². The van der Waals surface area contributed by atoms with E-state index in [2.05, 4.69) is 5.32 Å². The maximum absolute atomic E-state index is 12.3. The van der Waals surface area contributed by atoms with E-state index >= 15 is 0 Å². The summed E-state index contributed by atoms with van der Waals surface area (Å²) in [5, 5.41) is 2.82. The number of nitrogens with zero attached hydrogens (tertiary/aromatic N) is 1. The second-order valence-corrected chi connectivity index (χ2v) is 6.19. The molecule has 2 rings (SSSR count). The van der Waals surface area contributed by atoms with Crippen molar-refractivity contribution in [2.45, 2.75) is 13.8 Å². The van der Waals surface area contributed by atoms with Crippen LogP contribution in [-0.2, 0) is 4.79 Å². The van der Waals surface area contributed by atoms with Crippen molar-refractivity contribution < 1.29 is 19.1 Å². The molecule has 0 radical (unpaired) electrons. The molecule has 0 aliphatic heterocycles. The number of carbonyl (C=O) groups is 2. The molecule has 1 N–H and O–H groups in total. The van der Waals surface area contributed by atoms with Crippen molar-refractivity contribution in [1.29, 1.82) is 0 Å². The number of carbonyl (C=O) groups excluding carboxylic acids is 2. The van der Waals surface area contributed by atoms with Gasteiger partial charge in [-0.1, -0.05) is 23.8 Å². The summed E-state index contributed by atoms with van der Waals surface area (Å²) in [5.41, 5.74) is 3.17. The highest BCUT2D eigenvalue weighted by Gasteiger charge is 2.19. The summed E-state index contributed by atoms with van der Waals surface area (Å²) >= 11 is 0. The standard InChI is InChI=1S/C20H24N2O4/c1-13-9-10-16(14(2)11-13)21-18(23)12-26-19-15(20(24)22(3)4)7-6-8-17(19)25-5/h6-11H,12H2,1-5H3,(H,21,23). The molecule has 2 aromatic carbocycles. The van der Waals surface area contributed by atoms with Gasteiger partial charge >= 0.3 is 0 Å². The van der Waals surface area contributed by atoms with E-state index in [4.69, 9.17) is 9.47 Å². The van der Waals surface area contributed by atoms with E-state index in [1.807, 2.05) is 32.0 Å². The van der Waals surface area contributed by atoms with E-state index in [1.165, 1.54) is 12.0 Å². The van der Waals surface area contributed by atoms with Crippen LogP contribution in [0.25, 0.3) is 0 Å². The lowest BCUT2D eigenvalue weighted by Crippen LogP contribution is -2.25. The van der Waals surface area contributed by atoms with E-state index in [9.17, 15) is 9.59 Å². The molecule has 0 fully saturated rings. The Labute approximate surface area is 153 Å². The Morgan fingerprint density at radius 1 is 1.12 bits per heavy atom. The Hall–Kier alpha value is -3.02. The Morgan fingerprint density at radius 2 is 1.85 bits per heavy atom.